The average Bonchev–Trinajstić information content (AvgIpc) is 2.36. The summed E-state index contributed by atoms with van der Waals surface area (Å²) < 4.78 is 5.28. The Hall–Kier alpha value is -2.24. The maximum absolute atomic E-state index is 11.8. The highest BCUT2D eigenvalue weighted by Crippen LogP contribution is 2.15. The van der Waals surface area contributed by atoms with Crippen LogP contribution in [0.5, 0.6) is 0 Å². The molecule has 0 radical (unpaired) electrons. The molecule has 0 fully saturated rings. The number of amides is 2. The summed E-state index contributed by atoms with van der Waals surface area (Å²) in [6, 6.07) is 7.41. The van der Waals surface area contributed by atoms with E-state index in [1.165, 1.54) is 11.8 Å². The van der Waals surface area contributed by atoms with Crippen molar-refractivity contribution in [3.63, 3.8) is 0 Å². The van der Waals surface area contributed by atoms with Gasteiger partial charge in [-0.1, -0.05) is 6.07 Å². The summed E-state index contributed by atoms with van der Waals surface area (Å²) in [5.41, 5.74) is 1.12. The number of nitrogens with zero attached hydrogens (tertiary/aromatic N) is 1. The standard InChI is InChI=1S/C16H25N3O3/c1-12(20)18-14-8-6-7-13(11-14)17-9-10-19(5)15(21)22-16(2,3)4/h6-8,11,17H,9-10H2,1-5H3,(H,18,20). The molecule has 2 amide bonds. The number of benzene rings is 1. The molecule has 0 saturated heterocycles. The minimum absolute atomic E-state index is 0.109. The van der Waals surface area contributed by atoms with Gasteiger partial charge in [-0.3, -0.25) is 4.79 Å². The number of carbonyl (C=O) groups is 2. The van der Waals surface area contributed by atoms with Crippen LogP contribution in [0.4, 0.5) is 16.2 Å². The van der Waals surface area contributed by atoms with Crippen molar-refractivity contribution in [3.05, 3.63) is 24.3 Å². The fourth-order valence-electron chi connectivity index (χ4n) is 1.71. The Balaban J connectivity index is 2.43. The van der Waals surface area contributed by atoms with E-state index in [1.807, 2.05) is 45.0 Å². The summed E-state index contributed by atoms with van der Waals surface area (Å²) in [6.07, 6.45) is -0.346. The molecule has 0 unspecified atom stereocenters. The molecule has 0 aliphatic rings. The summed E-state index contributed by atoms with van der Waals surface area (Å²) in [5.74, 6) is -0.109. The van der Waals surface area contributed by atoms with Gasteiger partial charge < -0.3 is 20.3 Å². The summed E-state index contributed by atoms with van der Waals surface area (Å²) in [4.78, 5) is 24.4. The lowest BCUT2D eigenvalue weighted by atomic mass is 10.2. The van der Waals surface area contributed by atoms with E-state index in [9.17, 15) is 9.59 Å². The quantitative estimate of drug-likeness (QED) is 0.877. The number of carbonyl (C=O) groups excluding carboxylic acids is 2. The Labute approximate surface area is 131 Å². The predicted molar refractivity (Wildman–Crippen MR) is 88.1 cm³/mol. The highest BCUT2D eigenvalue weighted by Gasteiger charge is 2.19. The van der Waals surface area contributed by atoms with Gasteiger partial charge in [-0.2, -0.15) is 0 Å². The van der Waals surface area contributed by atoms with Crippen molar-refractivity contribution in [3.8, 4) is 0 Å². The fourth-order valence-corrected chi connectivity index (χ4v) is 1.71. The first-order chi connectivity index (χ1) is 10.2. The molecule has 6 nitrogen and oxygen atoms in total. The minimum Gasteiger partial charge on any atom is -0.444 e. The molecule has 1 aromatic carbocycles. The summed E-state index contributed by atoms with van der Waals surface area (Å²) in [5, 5.41) is 5.93. The van der Waals surface area contributed by atoms with Gasteiger partial charge in [-0.15, -0.1) is 0 Å². The van der Waals surface area contributed by atoms with Crippen molar-refractivity contribution in [1.29, 1.82) is 0 Å². The molecule has 22 heavy (non-hydrogen) atoms. The van der Waals surface area contributed by atoms with E-state index >= 15 is 0 Å². The van der Waals surface area contributed by atoms with Gasteiger partial charge in [0.05, 0.1) is 0 Å². The van der Waals surface area contributed by atoms with Crippen molar-refractivity contribution in [2.24, 2.45) is 0 Å². The summed E-state index contributed by atoms with van der Waals surface area (Å²) >= 11 is 0. The second-order valence-corrected chi connectivity index (χ2v) is 6.09. The molecule has 0 atom stereocenters. The topological polar surface area (TPSA) is 70.7 Å². The largest absolute Gasteiger partial charge is 0.444 e. The zero-order valence-corrected chi connectivity index (χ0v) is 13.9. The third kappa shape index (κ3) is 6.97. The molecular formula is C16H25N3O3. The Bertz CT molecular complexity index is 524. The van der Waals surface area contributed by atoms with Crippen LogP contribution in [0.3, 0.4) is 0 Å². The number of anilines is 2. The first-order valence-electron chi connectivity index (χ1n) is 7.23. The Morgan fingerprint density at radius 1 is 1.23 bits per heavy atom. The van der Waals surface area contributed by atoms with Crippen LogP contribution in [0.15, 0.2) is 24.3 Å². The van der Waals surface area contributed by atoms with E-state index in [1.54, 1.807) is 7.05 Å². The van der Waals surface area contributed by atoms with Crippen LogP contribution in [0.1, 0.15) is 27.7 Å². The molecule has 0 spiro atoms. The number of hydrogen-bond donors (Lipinski definition) is 2. The average molecular weight is 307 g/mol. The van der Waals surface area contributed by atoms with Crippen molar-refractivity contribution in [1.82, 2.24) is 4.90 Å². The van der Waals surface area contributed by atoms with Crippen molar-refractivity contribution in [2.75, 3.05) is 30.8 Å². The molecule has 1 rings (SSSR count). The Kier molecular flexibility index (Phi) is 6.22. The van der Waals surface area contributed by atoms with Crippen LogP contribution in [0, 0.1) is 0 Å². The first kappa shape index (κ1) is 17.8. The second kappa shape index (κ2) is 7.68. The van der Waals surface area contributed by atoms with Crippen LogP contribution < -0.4 is 10.6 Å². The highest BCUT2D eigenvalue weighted by molar-refractivity contribution is 5.89. The van der Waals surface area contributed by atoms with E-state index < -0.39 is 5.60 Å². The van der Waals surface area contributed by atoms with Gasteiger partial charge in [-0.05, 0) is 39.0 Å². The van der Waals surface area contributed by atoms with Crippen LogP contribution in [-0.2, 0) is 9.53 Å². The second-order valence-electron chi connectivity index (χ2n) is 6.09. The lowest BCUT2D eigenvalue weighted by molar-refractivity contribution is -0.114. The molecule has 2 N–H and O–H groups in total. The van der Waals surface area contributed by atoms with Gasteiger partial charge in [0, 0.05) is 38.4 Å². The normalized spacial score (nSPS) is 10.8. The van der Waals surface area contributed by atoms with Gasteiger partial charge in [0.2, 0.25) is 5.91 Å². The third-order valence-electron chi connectivity index (χ3n) is 2.66. The van der Waals surface area contributed by atoms with Crippen LogP contribution in [0.2, 0.25) is 0 Å². The molecule has 0 aromatic heterocycles. The first-order valence-corrected chi connectivity index (χ1v) is 7.23. The van der Waals surface area contributed by atoms with E-state index in [-0.39, 0.29) is 12.0 Å². The molecule has 122 valence electrons. The number of hydrogen-bond acceptors (Lipinski definition) is 4. The lowest BCUT2D eigenvalue weighted by Crippen LogP contribution is -2.36. The van der Waals surface area contributed by atoms with Crippen molar-refractivity contribution in [2.45, 2.75) is 33.3 Å². The van der Waals surface area contributed by atoms with Crippen LogP contribution >= 0.6 is 0 Å². The zero-order valence-electron chi connectivity index (χ0n) is 13.9. The van der Waals surface area contributed by atoms with Gasteiger partial charge in [0.25, 0.3) is 0 Å². The summed E-state index contributed by atoms with van der Waals surface area (Å²) in [7, 11) is 1.70. The number of nitrogens with one attached hydrogen (secondary N) is 2. The van der Waals surface area contributed by atoms with Crippen molar-refractivity contribution < 1.29 is 14.3 Å². The molecule has 0 heterocycles. The van der Waals surface area contributed by atoms with Crippen LogP contribution in [0.25, 0.3) is 0 Å². The maximum Gasteiger partial charge on any atom is 0.410 e. The summed E-state index contributed by atoms with van der Waals surface area (Å²) in [6.45, 7) is 8.08. The smallest absolute Gasteiger partial charge is 0.410 e. The zero-order chi connectivity index (χ0) is 16.8. The van der Waals surface area contributed by atoms with Gasteiger partial charge >= 0.3 is 6.09 Å². The van der Waals surface area contributed by atoms with Gasteiger partial charge in [0.15, 0.2) is 0 Å². The van der Waals surface area contributed by atoms with Crippen LogP contribution in [-0.4, -0.2) is 42.6 Å². The molecular weight excluding hydrogens is 282 g/mol. The number of likely N-dealkylation sites (N-methyl/N-ethyl adjacent to an activating group) is 1. The van der Waals surface area contributed by atoms with Crippen molar-refractivity contribution >= 4 is 23.4 Å². The molecule has 1 aromatic rings. The minimum atomic E-state index is -0.495. The van der Waals surface area contributed by atoms with E-state index in [0.29, 0.717) is 13.1 Å². The SMILES string of the molecule is CC(=O)Nc1cccc(NCCN(C)C(=O)OC(C)(C)C)c1. The number of rotatable bonds is 5. The lowest BCUT2D eigenvalue weighted by Gasteiger charge is -2.24. The van der Waals surface area contributed by atoms with E-state index in [0.717, 1.165) is 11.4 Å². The predicted octanol–water partition coefficient (Wildman–Crippen LogP) is 2.92. The molecule has 0 bridgehead atoms. The van der Waals surface area contributed by atoms with E-state index in [2.05, 4.69) is 10.6 Å². The highest BCUT2D eigenvalue weighted by atomic mass is 16.6. The Morgan fingerprint density at radius 3 is 2.45 bits per heavy atom. The molecule has 6 heteroatoms. The van der Waals surface area contributed by atoms with Gasteiger partial charge in [-0.25, -0.2) is 4.79 Å². The molecule has 0 aliphatic heterocycles. The maximum atomic E-state index is 11.8. The van der Waals surface area contributed by atoms with E-state index in [4.69, 9.17) is 4.74 Å². The molecule has 0 aliphatic carbocycles. The Morgan fingerprint density at radius 2 is 1.86 bits per heavy atom. The fraction of sp³-hybridized carbons (Fsp3) is 0.500. The van der Waals surface area contributed by atoms with Gasteiger partial charge in [0.1, 0.15) is 5.60 Å². The monoisotopic (exact) mass is 307 g/mol. The number of ether oxygens (including phenoxy) is 1. The molecule has 0 saturated carbocycles. The third-order valence-corrected chi connectivity index (χ3v) is 2.66.